The number of hydrogen-bond donors (Lipinski definition) is 0. The third-order valence-electron chi connectivity index (χ3n) is 4.62. The monoisotopic (exact) mass is 269 g/mol. The first-order valence-electron chi connectivity index (χ1n) is 7.78. The quantitative estimate of drug-likeness (QED) is 0.743. The molecule has 1 aromatic carbocycles. The molecular weight excluding hydrogens is 246 g/mol. The van der Waals surface area contributed by atoms with E-state index in [1.54, 1.807) is 0 Å². The van der Waals surface area contributed by atoms with E-state index in [2.05, 4.69) is 48.2 Å². The molecule has 2 aliphatic rings. The van der Waals surface area contributed by atoms with Crippen LogP contribution in [0.2, 0.25) is 0 Å². The summed E-state index contributed by atoms with van der Waals surface area (Å²) in [4.78, 5) is 14.9. The summed E-state index contributed by atoms with van der Waals surface area (Å²) in [5, 5.41) is 0. The number of carbonyl (C=O) groups excluding carboxylic acids is 1. The van der Waals surface area contributed by atoms with Crippen molar-refractivity contribution in [1.82, 2.24) is 4.90 Å². The van der Waals surface area contributed by atoms with E-state index in [1.165, 1.54) is 11.1 Å². The number of hydrogen-bond acceptors (Lipinski definition) is 1. The van der Waals surface area contributed by atoms with Crippen LogP contribution in [0.15, 0.2) is 36.4 Å². The number of amides is 1. The van der Waals surface area contributed by atoms with Crippen molar-refractivity contribution in [2.45, 2.75) is 45.1 Å². The molecule has 106 valence electrons. The Hall–Kier alpha value is -1.57. The highest BCUT2D eigenvalue weighted by molar-refractivity contribution is 5.80. The molecule has 0 N–H and O–H groups in total. The van der Waals surface area contributed by atoms with Crippen molar-refractivity contribution in [2.75, 3.05) is 6.54 Å². The summed E-state index contributed by atoms with van der Waals surface area (Å²) >= 11 is 0. The first-order chi connectivity index (χ1) is 9.75. The van der Waals surface area contributed by atoms with Crippen LogP contribution in [0.5, 0.6) is 0 Å². The van der Waals surface area contributed by atoms with Crippen molar-refractivity contribution in [2.24, 2.45) is 5.92 Å². The molecule has 2 atom stereocenters. The van der Waals surface area contributed by atoms with Crippen LogP contribution in [-0.2, 0) is 4.79 Å². The Labute approximate surface area is 121 Å². The summed E-state index contributed by atoms with van der Waals surface area (Å²) in [7, 11) is 0. The van der Waals surface area contributed by atoms with E-state index in [9.17, 15) is 4.79 Å². The van der Waals surface area contributed by atoms with E-state index in [-0.39, 0.29) is 5.92 Å². The van der Waals surface area contributed by atoms with Gasteiger partial charge < -0.3 is 4.90 Å². The molecule has 1 aliphatic heterocycles. The van der Waals surface area contributed by atoms with Crippen LogP contribution < -0.4 is 0 Å². The van der Waals surface area contributed by atoms with Gasteiger partial charge in [-0.15, -0.1) is 0 Å². The highest BCUT2D eigenvalue weighted by Gasteiger charge is 2.33. The average molecular weight is 269 g/mol. The number of carbonyl (C=O) groups is 1. The summed E-state index contributed by atoms with van der Waals surface area (Å²) in [6.45, 7) is 3.04. The van der Waals surface area contributed by atoms with E-state index in [0.717, 1.165) is 38.6 Å². The van der Waals surface area contributed by atoms with Gasteiger partial charge in [-0.2, -0.15) is 0 Å². The Morgan fingerprint density at radius 3 is 2.65 bits per heavy atom. The van der Waals surface area contributed by atoms with Gasteiger partial charge in [-0.25, -0.2) is 0 Å². The van der Waals surface area contributed by atoms with Crippen molar-refractivity contribution in [3.63, 3.8) is 0 Å². The SMILES string of the molecule is Cc1ccc(C2CCCN2C(=O)C2CC=CCC2)cc1. The Kier molecular flexibility index (Phi) is 3.90. The number of allylic oxidation sites excluding steroid dienone is 2. The lowest BCUT2D eigenvalue weighted by Gasteiger charge is -2.29. The zero-order valence-corrected chi connectivity index (χ0v) is 12.2. The van der Waals surface area contributed by atoms with Crippen molar-refractivity contribution < 1.29 is 4.79 Å². The van der Waals surface area contributed by atoms with E-state index in [1.807, 2.05) is 0 Å². The van der Waals surface area contributed by atoms with Gasteiger partial charge in [0.05, 0.1) is 6.04 Å². The van der Waals surface area contributed by atoms with E-state index >= 15 is 0 Å². The van der Waals surface area contributed by atoms with Gasteiger partial charge in [0.2, 0.25) is 5.91 Å². The molecule has 0 radical (unpaired) electrons. The molecule has 20 heavy (non-hydrogen) atoms. The maximum atomic E-state index is 12.7. The summed E-state index contributed by atoms with van der Waals surface area (Å²) in [6, 6.07) is 8.98. The van der Waals surface area contributed by atoms with E-state index < -0.39 is 0 Å². The number of aryl methyl sites for hydroxylation is 1. The van der Waals surface area contributed by atoms with Crippen molar-refractivity contribution >= 4 is 5.91 Å². The van der Waals surface area contributed by atoms with Gasteiger partial charge in [0.25, 0.3) is 0 Å². The first-order valence-corrected chi connectivity index (χ1v) is 7.78. The van der Waals surface area contributed by atoms with Crippen LogP contribution in [0.3, 0.4) is 0 Å². The fraction of sp³-hybridized carbons (Fsp3) is 0.500. The molecule has 1 aliphatic carbocycles. The molecule has 1 amide bonds. The van der Waals surface area contributed by atoms with Crippen LogP contribution >= 0.6 is 0 Å². The summed E-state index contributed by atoms with van der Waals surface area (Å²) in [5.74, 6) is 0.587. The van der Waals surface area contributed by atoms with Crippen molar-refractivity contribution in [1.29, 1.82) is 0 Å². The van der Waals surface area contributed by atoms with Crippen LogP contribution in [-0.4, -0.2) is 17.4 Å². The largest absolute Gasteiger partial charge is 0.335 e. The standard InChI is InChI=1S/C18H23NO/c1-14-9-11-15(12-10-14)17-8-5-13-19(17)18(20)16-6-3-2-4-7-16/h2-3,9-12,16-17H,4-8,13H2,1H3. The van der Waals surface area contributed by atoms with Gasteiger partial charge in [0.15, 0.2) is 0 Å². The molecular formula is C18H23NO. The summed E-state index contributed by atoms with van der Waals surface area (Å²) < 4.78 is 0. The summed E-state index contributed by atoms with van der Waals surface area (Å²) in [5.41, 5.74) is 2.58. The van der Waals surface area contributed by atoms with Crippen LogP contribution in [0, 0.1) is 12.8 Å². The number of nitrogens with zero attached hydrogens (tertiary/aromatic N) is 1. The molecule has 0 saturated carbocycles. The minimum atomic E-state index is 0.214. The Balaban J connectivity index is 1.76. The Morgan fingerprint density at radius 1 is 1.15 bits per heavy atom. The molecule has 1 heterocycles. The topological polar surface area (TPSA) is 20.3 Å². The molecule has 3 rings (SSSR count). The predicted molar refractivity (Wildman–Crippen MR) is 81.3 cm³/mol. The van der Waals surface area contributed by atoms with E-state index in [4.69, 9.17) is 0 Å². The zero-order valence-electron chi connectivity index (χ0n) is 12.2. The minimum absolute atomic E-state index is 0.214. The zero-order chi connectivity index (χ0) is 13.9. The van der Waals surface area contributed by atoms with E-state index in [0.29, 0.717) is 11.9 Å². The predicted octanol–water partition coefficient (Wildman–Crippen LogP) is 4.01. The normalized spacial score (nSPS) is 25.9. The molecule has 2 nitrogen and oxygen atoms in total. The van der Waals surface area contributed by atoms with Gasteiger partial charge in [-0.3, -0.25) is 4.79 Å². The van der Waals surface area contributed by atoms with Crippen LogP contribution in [0.25, 0.3) is 0 Å². The lowest BCUT2D eigenvalue weighted by atomic mass is 9.92. The third-order valence-corrected chi connectivity index (χ3v) is 4.62. The fourth-order valence-electron chi connectivity index (χ4n) is 3.42. The number of likely N-dealkylation sites (tertiary alicyclic amines) is 1. The van der Waals surface area contributed by atoms with Gasteiger partial charge in [-0.1, -0.05) is 42.0 Å². The lowest BCUT2D eigenvalue weighted by Crippen LogP contribution is -2.36. The average Bonchev–Trinajstić information content (AvgIpc) is 2.97. The molecule has 2 heteroatoms. The molecule has 0 bridgehead atoms. The second kappa shape index (κ2) is 5.82. The Bertz CT molecular complexity index is 503. The first kappa shape index (κ1) is 13.4. The Morgan fingerprint density at radius 2 is 1.95 bits per heavy atom. The summed E-state index contributed by atoms with van der Waals surface area (Å²) in [6.07, 6.45) is 9.61. The molecule has 1 aromatic rings. The van der Waals surface area contributed by atoms with Gasteiger partial charge >= 0.3 is 0 Å². The highest BCUT2D eigenvalue weighted by atomic mass is 16.2. The molecule has 2 unspecified atom stereocenters. The third kappa shape index (κ3) is 2.65. The van der Waals surface area contributed by atoms with Gasteiger partial charge in [0, 0.05) is 12.5 Å². The van der Waals surface area contributed by atoms with Gasteiger partial charge in [-0.05, 0) is 44.6 Å². The maximum Gasteiger partial charge on any atom is 0.226 e. The molecule has 0 spiro atoms. The maximum absolute atomic E-state index is 12.7. The second-order valence-corrected chi connectivity index (χ2v) is 6.08. The molecule has 1 saturated heterocycles. The smallest absolute Gasteiger partial charge is 0.226 e. The van der Waals surface area contributed by atoms with Crippen LogP contribution in [0.4, 0.5) is 0 Å². The second-order valence-electron chi connectivity index (χ2n) is 6.08. The van der Waals surface area contributed by atoms with Crippen LogP contribution in [0.1, 0.15) is 49.3 Å². The lowest BCUT2D eigenvalue weighted by molar-refractivity contribution is -0.136. The molecule has 1 fully saturated rings. The van der Waals surface area contributed by atoms with Crippen molar-refractivity contribution in [3.8, 4) is 0 Å². The fourth-order valence-corrected chi connectivity index (χ4v) is 3.42. The highest BCUT2D eigenvalue weighted by Crippen LogP contribution is 2.34. The molecule has 0 aromatic heterocycles. The van der Waals surface area contributed by atoms with Crippen molar-refractivity contribution in [3.05, 3.63) is 47.5 Å². The van der Waals surface area contributed by atoms with Gasteiger partial charge in [0.1, 0.15) is 0 Å². The minimum Gasteiger partial charge on any atom is -0.335 e. The number of rotatable bonds is 2. The number of benzene rings is 1.